The molecule has 0 amide bonds. The average Bonchev–Trinajstić information content (AvgIpc) is 2.96. The summed E-state index contributed by atoms with van der Waals surface area (Å²) in [5.74, 6) is 0.251. The number of tetrazole rings is 1. The van der Waals surface area contributed by atoms with Crippen molar-refractivity contribution in [2.75, 3.05) is 7.11 Å². The minimum atomic E-state index is -0.421. The van der Waals surface area contributed by atoms with E-state index in [0.717, 1.165) is 5.56 Å². The number of hydrogen-bond donors (Lipinski definition) is 0. The zero-order valence-electron chi connectivity index (χ0n) is 11.7. The van der Waals surface area contributed by atoms with Gasteiger partial charge in [0.05, 0.1) is 13.7 Å². The molecule has 0 saturated heterocycles. The van der Waals surface area contributed by atoms with Crippen molar-refractivity contribution in [3.8, 4) is 17.1 Å². The summed E-state index contributed by atoms with van der Waals surface area (Å²) in [7, 11) is 1.42. The van der Waals surface area contributed by atoms with Gasteiger partial charge >= 0.3 is 0 Å². The van der Waals surface area contributed by atoms with Crippen LogP contribution in [0.1, 0.15) is 5.56 Å². The van der Waals surface area contributed by atoms with E-state index < -0.39 is 5.82 Å². The molecule has 0 aliphatic heterocycles. The lowest BCUT2D eigenvalue weighted by atomic mass is 10.2. The number of nitrogens with zero attached hydrogens (tertiary/aromatic N) is 4. The van der Waals surface area contributed by atoms with Crippen molar-refractivity contribution in [2.24, 2.45) is 0 Å². The molecule has 112 valence electrons. The number of hydrogen-bond acceptors (Lipinski definition) is 4. The third-order valence-electron chi connectivity index (χ3n) is 3.08. The second kappa shape index (κ2) is 6.11. The van der Waals surface area contributed by atoms with E-state index in [-0.39, 0.29) is 5.75 Å². The lowest BCUT2D eigenvalue weighted by Crippen LogP contribution is -2.04. The SMILES string of the molecule is COc1ccc(Cn2nnc(-c3cccc(Cl)c3)n2)cc1F. The largest absolute Gasteiger partial charge is 0.494 e. The first kappa shape index (κ1) is 14.5. The number of benzene rings is 2. The summed E-state index contributed by atoms with van der Waals surface area (Å²) in [4.78, 5) is 1.40. The molecule has 1 heterocycles. The maximum Gasteiger partial charge on any atom is 0.204 e. The fourth-order valence-corrected chi connectivity index (χ4v) is 2.22. The number of ether oxygens (including phenoxy) is 1. The van der Waals surface area contributed by atoms with Gasteiger partial charge < -0.3 is 4.74 Å². The summed E-state index contributed by atoms with van der Waals surface area (Å²) in [6.45, 7) is 0.314. The van der Waals surface area contributed by atoms with E-state index in [1.54, 1.807) is 24.3 Å². The maximum atomic E-state index is 13.7. The van der Waals surface area contributed by atoms with E-state index >= 15 is 0 Å². The smallest absolute Gasteiger partial charge is 0.204 e. The van der Waals surface area contributed by atoms with Gasteiger partial charge in [0, 0.05) is 10.6 Å². The van der Waals surface area contributed by atoms with Gasteiger partial charge in [0.1, 0.15) is 0 Å². The number of aromatic nitrogens is 4. The highest BCUT2D eigenvalue weighted by Crippen LogP contribution is 2.20. The van der Waals surface area contributed by atoms with E-state index in [1.807, 2.05) is 12.1 Å². The van der Waals surface area contributed by atoms with Crippen molar-refractivity contribution in [2.45, 2.75) is 6.54 Å². The fourth-order valence-electron chi connectivity index (χ4n) is 2.02. The van der Waals surface area contributed by atoms with Crippen molar-refractivity contribution in [3.05, 3.63) is 58.9 Å². The standard InChI is InChI=1S/C15H12ClFN4O/c1-22-14-6-5-10(7-13(14)17)9-21-19-15(18-20-21)11-3-2-4-12(16)8-11/h2-8H,9H2,1H3. The van der Waals surface area contributed by atoms with Crippen molar-refractivity contribution in [1.29, 1.82) is 0 Å². The van der Waals surface area contributed by atoms with E-state index in [0.29, 0.717) is 23.0 Å². The molecule has 0 aliphatic rings. The average molecular weight is 319 g/mol. The molecule has 3 aromatic rings. The molecule has 0 N–H and O–H groups in total. The van der Waals surface area contributed by atoms with E-state index in [4.69, 9.17) is 16.3 Å². The minimum absolute atomic E-state index is 0.204. The number of rotatable bonds is 4. The van der Waals surface area contributed by atoms with Crippen LogP contribution in [0.3, 0.4) is 0 Å². The monoisotopic (exact) mass is 318 g/mol. The number of methoxy groups -OCH3 is 1. The zero-order chi connectivity index (χ0) is 15.5. The molecule has 22 heavy (non-hydrogen) atoms. The molecule has 5 nitrogen and oxygen atoms in total. The highest BCUT2D eigenvalue weighted by molar-refractivity contribution is 6.30. The summed E-state index contributed by atoms with van der Waals surface area (Å²) in [6.07, 6.45) is 0. The van der Waals surface area contributed by atoms with Gasteiger partial charge in [-0.25, -0.2) is 4.39 Å². The third kappa shape index (κ3) is 3.07. The lowest BCUT2D eigenvalue weighted by Gasteiger charge is -2.04. The van der Waals surface area contributed by atoms with Crippen LogP contribution in [0.15, 0.2) is 42.5 Å². The van der Waals surface area contributed by atoms with Crippen LogP contribution in [0.2, 0.25) is 5.02 Å². The molecular formula is C15H12ClFN4O. The van der Waals surface area contributed by atoms with Crippen LogP contribution in [0, 0.1) is 5.82 Å². The molecule has 0 atom stereocenters. The van der Waals surface area contributed by atoms with Crippen LogP contribution >= 0.6 is 11.6 Å². The van der Waals surface area contributed by atoms with Crippen LogP contribution in [-0.4, -0.2) is 27.3 Å². The Morgan fingerprint density at radius 2 is 2.09 bits per heavy atom. The first-order chi connectivity index (χ1) is 10.7. The number of halogens is 2. The first-order valence-electron chi connectivity index (χ1n) is 6.52. The molecule has 0 bridgehead atoms. The highest BCUT2D eigenvalue weighted by atomic mass is 35.5. The third-order valence-corrected chi connectivity index (χ3v) is 3.31. The lowest BCUT2D eigenvalue weighted by molar-refractivity contribution is 0.386. The van der Waals surface area contributed by atoms with Gasteiger partial charge in [-0.2, -0.15) is 4.80 Å². The van der Waals surface area contributed by atoms with Gasteiger partial charge in [-0.15, -0.1) is 10.2 Å². The fraction of sp³-hybridized carbons (Fsp3) is 0.133. The van der Waals surface area contributed by atoms with Crippen LogP contribution in [0.25, 0.3) is 11.4 Å². The highest BCUT2D eigenvalue weighted by Gasteiger charge is 2.08. The van der Waals surface area contributed by atoms with Crippen molar-refractivity contribution in [1.82, 2.24) is 20.2 Å². The molecule has 7 heteroatoms. The van der Waals surface area contributed by atoms with Crippen molar-refractivity contribution in [3.63, 3.8) is 0 Å². The van der Waals surface area contributed by atoms with Gasteiger partial charge in [0.2, 0.25) is 5.82 Å². The molecule has 0 unspecified atom stereocenters. The summed E-state index contributed by atoms with van der Waals surface area (Å²) in [5, 5.41) is 12.8. The van der Waals surface area contributed by atoms with Crippen LogP contribution in [0.4, 0.5) is 4.39 Å². The van der Waals surface area contributed by atoms with Crippen molar-refractivity contribution < 1.29 is 9.13 Å². The van der Waals surface area contributed by atoms with Gasteiger partial charge in [-0.1, -0.05) is 29.8 Å². The predicted octanol–water partition coefficient (Wildman–Crippen LogP) is 3.19. The normalized spacial score (nSPS) is 10.7. The summed E-state index contributed by atoms with van der Waals surface area (Å²) < 4.78 is 18.5. The molecule has 2 aromatic carbocycles. The summed E-state index contributed by atoms with van der Waals surface area (Å²) in [6, 6.07) is 11.9. The van der Waals surface area contributed by atoms with Crippen LogP contribution in [-0.2, 0) is 6.54 Å². The van der Waals surface area contributed by atoms with Crippen LogP contribution in [0.5, 0.6) is 5.75 Å². The summed E-state index contributed by atoms with van der Waals surface area (Å²) in [5.41, 5.74) is 1.49. The predicted molar refractivity (Wildman–Crippen MR) is 80.3 cm³/mol. The Balaban J connectivity index is 1.81. The summed E-state index contributed by atoms with van der Waals surface area (Å²) >= 11 is 5.94. The first-order valence-corrected chi connectivity index (χ1v) is 6.89. The molecule has 0 spiro atoms. The molecule has 3 rings (SSSR count). The van der Waals surface area contributed by atoms with Gasteiger partial charge in [-0.3, -0.25) is 0 Å². The van der Waals surface area contributed by atoms with Gasteiger partial charge in [0.15, 0.2) is 11.6 Å². The Labute approximate surface area is 131 Å². The second-order valence-corrected chi connectivity index (χ2v) is 5.06. The van der Waals surface area contributed by atoms with Crippen molar-refractivity contribution >= 4 is 11.6 Å². The Kier molecular flexibility index (Phi) is 4.02. The van der Waals surface area contributed by atoms with Crippen LogP contribution < -0.4 is 4.74 Å². The quantitative estimate of drug-likeness (QED) is 0.741. The second-order valence-electron chi connectivity index (χ2n) is 4.62. The molecule has 1 aromatic heterocycles. The minimum Gasteiger partial charge on any atom is -0.494 e. The van der Waals surface area contributed by atoms with E-state index in [9.17, 15) is 4.39 Å². The molecule has 0 radical (unpaired) electrons. The Hall–Kier alpha value is -2.47. The molecule has 0 saturated carbocycles. The molecule has 0 fully saturated rings. The van der Waals surface area contributed by atoms with E-state index in [1.165, 1.54) is 18.0 Å². The molecular weight excluding hydrogens is 307 g/mol. The Morgan fingerprint density at radius 3 is 2.82 bits per heavy atom. The van der Waals surface area contributed by atoms with Gasteiger partial charge in [0.25, 0.3) is 0 Å². The zero-order valence-corrected chi connectivity index (χ0v) is 12.5. The topological polar surface area (TPSA) is 52.8 Å². The van der Waals surface area contributed by atoms with Gasteiger partial charge in [-0.05, 0) is 35.0 Å². The maximum absolute atomic E-state index is 13.7. The van der Waals surface area contributed by atoms with E-state index in [2.05, 4.69) is 15.4 Å². The Morgan fingerprint density at radius 1 is 1.23 bits per heavy atom. The Bertz CT molecular complexity index is 806. The molecule has 0 aliphatic carbocycles.